The van der Waals surface area contributed by atoms with Crippen molar-refractivity contribution in [2.75, 3.05) is 26.2 Å². The molecular weight excluding hydrogens is 318 g/mol. The third-order valence-electron chi connectivity index (χ3n) is 5.06. The summed E-state index contributed by atoms with van der Waals surface area (Å²) in [6.45, 7) is 8.05. The van der Waals surface area contributed by atoms with E-state index in [2.05, 4.69) is 5.32 Å². The fourth-order valence-corrected chi connectivity index (χ4v) is 3.83. The Hall–Kier alpha value is -2.37. The maximum absolute atomic E-state index is 12.9. The van der Waals surface area contributed by atoms with E-state index in [1.807, 2.05) is 37.8 Å². The van der Waals surface area contributed by atoms with Crippen LogP contribution >= 0.6 is 0 Å². The van der Waals surface area contributed by atoms with E-state index in [1.54, 1.807) is 4.90 Å². The monoisotopic (exact) mass is 343 g/mol. The molecule has 2 aliphatic heterocycles. The predicted molar refractivity (Wildman–Crippen MR) is 94.3 cm³/mol. The quantitative estimate of drug-likeness (QED) is 0.876. The number of carbonyl (C=O) groups excluding carboxylic acids is 3. The molecule has 1 N–H and O–H groups in total. The average molecular weight is 343 g/mol. The molecule has 2 fully saturated rings. The molecule has 0 spiro atoms. The van der Waals surface area contributed by atoms with E-state index in [9.17, 15) is 14.4 Å². The van der Waals surface area contributed by atoms with Crippen LogP contribution in [-0.4, -0.2) is 59.7 Å². The number of hydrogen-bond donors (Lipinski definition) is 1. The average Bonchev–Trinajstić information content (AvgIpc) is 2.99. The van der Waals surface area contributed by atoms with Crippen molar-refractivity contribution in [2.45, 2.75) is 39.7 Å². The lowest BCUT2D eigenvalue weighted by Crippen LogP contribution is -2.54. The highest BCUT2D eigenvalue weighted by Crippen LogP contribution is 2.20. The number of aryl methyl sites for hydroxylation is 3. The molecule has 25 heavy (non-hydrogen) atoms. The highest BCUT2D eigenvalue weighted by Gasteiger charge is 2.33. The molecule has 0 aliphatic carbocycles. The van der Waals surface area contributed by atoms with Gasteiger partial charge in [-0.3, -0.25) is 14.4 Å². The third kappa shape index (κ3) is 3.52. The largest absolute Gasteiger partial charge is 0.344 e. The lowest BCUT2D eigenvalue weighted by Gasteiger charge is -2.36. The molecule has 1 unspecified atom stereocenters. The summed E-state index contributed by atoms with van der Waals surface area (Å²) in [5.41, 5.74) is 3.92. The summed E-state index contributed by atoms with van der Waals surface area (Å²) in [5, 5.41) is 2.72. The van der Waals surface area contributed by atoms with E-state index in [-0.39, 0.29) is 17.7 Å². The van der Waals surface area contributed by atoms with Gasteiger partial charge in [0.1, 0.15) is 6.04 Å². The minimum Gasteiger partial charge on any atom is -0.344 e. The second kappa shape index (κ2) is 6.86. The van der Waals surface area contributed by atoms with Crippen LogP contribution in [0.3, 0.4) is 0 Å². The molecule has 2 saturated heterocycles. The van der Waals surface area contributed by atoms with Crippen molar-refractivity contribution in [3.05, 3.63) is 34.4 Å². The number of amides is 3. The number of nitrogens with one attached hydrogen (secondary N) is 1. The van der Waals surface area contributed by atoms with Gasteiger partial charge in [-0.15, -0.1) is 0 Å². The van der Waals surface area contributed by atoms with Gasteiger partial charge < -0.3 is 15.1 Å². The zero-order valence-corrected chi connectivity index (χ0v) is 15.1. The molecule has 0 radical (unpaired) electrons. The van der Waals surface area contributed by atoms with E-state index < -0.39 is 6.04 Å². The number of rotatable bonds is 2. The van der Waals surface area contributed by atoms with Gasteiger partial charge in [-0.25, -0.2) is 0 Å². The summed E-state index contributed by atoms with van der Waals surface area (Å²) >= 11 is 0. The van der Waals surface area contributed by atoms with Crippen LogP contribution in [0.15, 0.2) is 12.1 Å². The molecular formula is C19H25N3O3. The standard InChI is InChI=1S/C19H25N3O3/c1-12-10-13(2)17(14(3)11-12)19(25)22-8-6-21(7-9-22)18(24)15-4-5-16(23)20-15/h10-11,15H,4-9H2,1-3H3,(H,20,23). The minimum atomic E-state index is -0.392. The Morgan fingerprint density at radius 3 is 2.08 bits per heavy atom. The van der Waals surface area contributed by atoms with Gasteiger partial charge in [0, 0.05) is 38.2 Å². The molecule has 6 heteroatoms. The Bertz CT molecular complexity index is 698. The molecule has 1 aromatic carbocycles. The third-order valence-corrected chi connectivity index (χ3v) is 5.06. The summed E-state index contributed by atoms with van der Waals surface area (Å²) in [7, 11) is 0. The van der Waals surface area contributed by atoms with E-state index in [1.165, 1.54) is 0 Å². The molecule has 6 nitrogen and oxygen atoms in total. The molecule has 2 aliphatic rings. The molecule has 3 amide bonds. The van der Waals surface area contributed by atoms with Crippen molar-refractivity contribution >= 4 is 17.7 Å². The molecule has 134 valence electrons. The van der Waals surface area contributed by atoms with E-state index in [0.29, 0.717) is 39.0 Å². The van der Waals surface area contributed by atoms with Gasteiger partial charge >= 0.3 is 0 Å². The summed E-state index contributed by atoms with van der Waals surface area (Å²) in [6, 6.07) is 3.67. The molecule has 1 atom stereocenters. The maximum atomic E-state index is 12.9. The normalized spacial score (nSPS) is 20.6. The first-order valence-corrected chi connectivity index (χ1v) is 8.82. The number of piperazine rings is 1. The van der Waals surface area contributed by atoms with Crippen LogP contribution in [0.1, 0.15) is 39.9 Å². The van der Waals surface area contributed by atoms with Crippen molar-refractivity contribution in [2.24, 2.45) is 0 Å². The van der Waals surface area contributed by atoms with Gasteiger partial charge in [-0.05, 0) is 38.3 Å². The van der Waals surface area contributed by atoms with Crippen LogP contribution in [0.25, 0.3) is 0 Å². The molecule has 2 heterocycles. The number of nitrogens with zero attached hydrogens (tertiary/aromatic N) is 2. The zero-order valence-electron chi connectivity index (χ0n) is 15.1. The first kappa shape index (κ1) is 17.5. The molecule has 0 bridgehead atoms. The zero-order chi connectivity index (χ0) is 18.1. The summed E-state index contributed by atoms with van der Waals surface area (Å²) in [6.07, 6.45) is 0.986. The topological polar surface area (TPSA) is 69.7 Å². The Balaban J connectivity index is 1.63. The maximum Gasteiger partial charge on any atom is 0.254 e. The highest BCUT2D eigenvalue weighted by molar-refractivity contribution is 5.97. The Labute approximate surface area is 148 Å². The predicted octanol–water partition coefficient (Wildman–Crippen LogP) is 1.17. The van der Waals surface area contributed by atoms with E-state index in [0.717, 1.165) is 22.3 Å². The SMILES string of the molecule is Cc1cc(C)c(C(=O)N2CCN(C(=O)C3CCC(=O)N3)CC2)c(C)c1. The molecule has 3 rings (SSSR count). The Morgan fingerprint density at radius 2 is 1.56 bits per heavy atom. The Kier molecular flexibility index (Phi) is 4.79. The van der Waals surface area contributed by atoms with Gasteiger partial charge in [0.2, 0.25) is 11.8 Å². The van der Waals surface area contributed by atoms with Gasteiger partial charge in [-0.1, -0.05) is 17.7 Å². The molecule has 1 aromatic rings. The van der Waals surface area contributed by atoms with Crippen LogP contribution in [-0.2, 0) is 9.59 Å². The van der Waals surface area contributed by atoms with Gasteiger partial charge in [-0.2, -0.15) is 0 Å². The van der Waals surface area contributed by atoms with Crippen LogP contribution in [0.4, 0.5) is 0 Å². The van der Waals surface area contributed by atoms with Crippen LogP contribution in [0.2, 0.25) is 0 Å². The number of carbonyl (C=O) groups is 3. The highest BCUT2D eigenvalue weighted by atomic mass is 16.2. The van der Waals surface area contributed by atoms with Crippen molar-refractivity contribution in [1.29, 1.82) is 0 Å². The number of benzene rings is 1. The second-order valence-corrected chi connectivity index (χ2v) is 7.05. The summed E-state index contributed by atoms with van der Waals surface area (Å²) in [5.74, 6) is -0.0469. The second-order valence-electron chi connectivity index (χ2n) is 7.05. The van der Waals surface area contributed by atoms with E-state index in [4.69, 9.17) is 0 Å². The van der Waals surface area contributed by atoms with Crippen molar-refractivity contribution in [1.82, 2.24) is 15.1 Å². The first-order valence-electron chi connectivity index (χ1n) is 8.82. The fourth-order valence-electron chi connectivity index (χ4n) is 3.83. The van der Waals surface area contributed by atoms with Crippen molar-refractivity contribution < 1.29 is 14.4 Å². The van der Waals surface area contributed by atoms with Gasteiger partial charge in [0.15, 0.2) is 0 Å². The first-order chi connectivity index (χ1) is 11.9. The lowest BCUT2D eigenvalue weighted by molar-refractivity contribution is -0.135. The van der Waals surface area contributed by atoms with Crippen LogP contribution in [0.5, 0.6) is 0 Å². The van der Waals surface area contributed by atoms with Gasteiger partial charge in [0.05, 0.1) is 0 Å². The van der Waals surface area contributed by atoms with Crippen LogP contribution in [0, 0.1) is 20.8 Å². The number of hydrogen-bond acceptors (Lipinski definition) is 3. The molecule has 0 saturated carbocycles. The molecule has 0 aromatic heterocycles. The van der Waals surface area contributed by atoms with E-state index >= 15 is 0 Å². The van der Waals surface area contributed by atoms with Crippen molar-refractivity contribution in [3.8, 4) is 0 Å². The van der Waals surface area contributed by atoms with Gasteiger partial charge in [0.25, 0.3) is 5.91 Å². The summed E-state index contributed by atoms with van der Waals surface area (Å²) in [4.78, 5) is 40.2. The van der Waals surface area contributed by atoms with Crippen LogP contribution < -0.4 is 5.32 Å². The fraction of sp³-hybridized carbons (Fsp3) is 0.526. The summed E-state index contributed by atoms with van der Waals surface area (Å²) < 4.78 is 0. The van der Waals surface area contributed by atoms with Crippen molar-refractivity contribution in [3.63, 3.8) is 0 Å². The smallest absolute Gasteiger partial charge is 0.254 e. The lowest BCUT2D eigenvalue weighted by atomic mass is 9.98. The minimum absolute atomic E-state index is 0.0272. The Morgan fingerprint density at radius 1 is 1.00 bits per heavy atom.